The van der Waals surface area contributed by atoms with Gasteiger partial charge in [-0.2, -0.15) is 0 Å². The highest BCUT2D eigenvalue weighted by molar-refractivity contribution is 5.82. The summed E-state index contributed by atoms with van der Waals surface area (Å²) in [5, 5.41) is 3.08. The maximum Gasteiger partial charge on any atom is 0.226 e. The van der Waals surface area contributed by atoms with Crippen molar-refractivity contribution in [1.29, 1.82) is 0 Å². The number of carbonyl (C=O) groups is 1. The predicted octanol–water partition coefficient (Wildman–Crippen LogP) is 3.67. The summed E-state index contributed by atoms with van der Waals surface area (Å²) in [7, 11) is 1.64. The molecular formula is C24H35FN2O4. The summed E-state index contributed by atoms with van der Waals surface area (Å²) in [6, 6.07) is 7.42. The van der Waals surface area contributed by atoms with Crippen molar-refractivity contribution in [3.8, 4) is 5.75 Å². The van der Waals surface area contributed by atoms with Crippen molar-refractivity contribution in [2.45, 2.75) is 44.6 Å². The number of benzene rings is 1. The van der Waals surface area contributed by atoms with Crippen LogP contribution in [0.3, 0.4) is 0 Å². The van der Waals surface area contributed by atoms with Crippen LogP contribution in [0.5, 0.6) is 5.75 Å². The van der Waals surface area contributed by atoms with Crippen LogP contribution in [-0.2, 0) is 14.3 Å². The van der Waals surface area contributed by atoms with E-state index >= 15 is 0 Å². The quantitative estimate of drug-likeness (QED) is 0.491. The molecule has 1 unspecified atom stereocenters. The van der Waals surface area contributed by atoms with Crippen LogP contribution in [0.25, 0.3) is 0 Å². The van der Waals surface area contributed by atoms with Gasteiger partial charge in [0, 0.05) is 31.2 Å². The van der Waals surface area contributed by atoms with Gasteiger partial charge < -0.3 is 25.3 Å². The normalized spacial score (nSPS) is 24.1. The average molecular weight is 435 g/mol. The van der Waals surface area contributed by atoms with Crippen molar-refractivity contribution >= 4 is 5.91 Å². The number of carbonyl (C=O) groups excluding carboxylic acids is 1. The zero-order valence-corrected chi connectivity index (χ0v) is 18.4. The highest BCUT2D eigenvalue weighted by Crippen LogP contribution is 2.50. The lowest BCUT2D eigenvalue weighted by Crippen LogP contribution is -2.47. The number of rotatable bonds is 12. The first-order chi connectivity index (χ1) is 15.1. The Balaban J connectivity index is 1.37. The minimum Gasteiger partial charge on any atom is -0.489 e. The molecular weight excluding hydrogens is 399 g/mol. The maximum atomic E-state index is 12.7. The van der Waals surface area contributed by atoms with E-state index in [4.69, 9.17) is 19.9 Å². The Bertz CT molecular complexity index is 716. The molecule has 0 spiro atoms. The van der Waals surface area contributed by atoms with Crippen LogP contribution in [0.4, 0.5) is 4.39 Å². The molecule has 7 heteroatoms. The molecule has 0 aliphatic heterocycles. The van der Waals surface area contributed by atoms with Crippen LogP contribution < -0.4 is 15.8 Å². The zero-order chi connectivity index (χ0) is 22.1. The number of hydrogen-bond donors (Lipinski definition) is 2. The first-order valence-electron chi connectivity index (χ1n) is 11.2. The van der Waals surface area contributed by atoms with Gasteiger partial charge in [0.15, 0.2) is 0 Å². The van der Waals surface area contributed by atoms with Crippen molar-refractivity contribution in [2.24, 2.45) is 17.1 Å². The molecule has 3 saturated carbocycles. The lowest BCUT2D eigenvalue weighted by Gasteiger charge is -2.45. The van der Waals surface area contributed by atoms with Gasteiger partial charge in [0.1, 0.15) is 18.5 Å². The van der Waals surface area contributed by atoms with Gasteiger partial charge in [-0.3, -0.25) is 4.79 Å². The molecule has 3 fully saturated rings. The summed E-state index contributed by atoms with van der Waals surface area (Å²) >= 11 is 0. The Morgan fingerprint density at radius 2 is 1.94 bits per heavy atom. The van der Waals surface area contributed by atoms with Gasteiger partial charge in [-0.25, -0.2) is 4.39 Å². The van der Waals surface area contributed by atoms with E-state index in [1.165, 1.54) is 19.3 Å². The molecule has 4 rings (SSSR count). The second kappa shape index (κ2) is 11.6. The topological polar surface area (TPSA) is 82.8 Å². The van der Waals surface area contributed by atoms with E-state index in [0.29, 0.717) is 37.4 Å². The van der Waals surface area contributed by atoms with Gasteiger partial charge in [-0.15, -0.1) is 0 Å². The Kier molecular flexibility index (Phi) is 8.87. The number of fused-ring (bicyclic) bond motifs is 3. The number of nitrogens with one attached hydrogen (secondary N) is 1. The van der Waals surface area contributed by atoms with E-state index in [2.05, 4.69) is 5.32 Å². The monoisotopic (exact) mass is 434 g/mol. The Labute approximate surface area is 184 Å². The van der Waals surface area contributed by atoms with Crippen LogP contribution >= 0.6 is 0 Å². The fraction of sp³-hybridized carbons (Fsp3) is 0.625. The maximum absolute atomic E-state index is 12.7. The molecule has 172 valence electrons. The minimum absolute atomic E-state index is 0.122. The fourth-order valence-electron chi connectivity index (χ4n) is 4.59. The number of amides is 1. The number of nitrogens with two attached hydrogens (primary N) is 1. The van der Waals surface area contributed by atoms with Crippen LogP contribution in [0.2, 0.25) is 0 Å². The second-order valence-corrected chi connectivity index (χ2v) is 8.65. The van der Waals surface area contributed by atoms with E-state index in [9.17, 15) is 9.18 Å². The van der Waals surface area contributed by atoms with Crippen LogP contribution in [0.1, 0.15) is 50.2 Å². The molecule has 0 radical (unpaired) electrons. The molecule has 1 atom stereocenters. The van der Waals surface area contributed by atoms with Gasteiger partial charge in [-0.05, 0) is 62.1 Å². The van der Waals surface area contributed by atoms with Gasteiger partial charge in [0.05, 0.1) is 19.5 Å². The van der Waals surface area contributed by atoms with Gasteiger partial charge >= 0.3 is 0 Å². The van der Waals surface area contributed by atoms with Gasteiger partial charge in [0.2, 0.25) is 5.91 Å². The van der Waals surface area contributed by atoms with E-state index < -0.39 is 0 Å². The third kappa shape index (κ3) is 6.28. The smallest absolute Gasteiger partial charge is 0.226 e. The largest absolute Gasteiger partial charge is 0.489 e. The second-order valence-electron chi connectivity index (χ2n) is 8.65. The van der Waals surface area contributed by atoms with Crippen molar-refractivity contribution in [3.63, 3.8) is 0 Å². The molecule has 1 amide bonds. The fourth-order valence-corrected chi connectivity index (χ4v) is 4.59. The van der Waals surface area contributed by atoms with Crippen molar-refractivity contribution in [1.82, 2.24) is 5.32 Å². The summed E-state index contributed by atoms with van der Waals surface area (Å²) in [4.78, 5) is 12.7. The van der Waals surface area contributed by atoms with Crippen LogP contribution in [-0.4, -0.2) is 45.9 Å². The number of halogens is 1. The molecule has 3 aliphatic carbocycles. The number of ether oxygens (including phenoxy) is 3. The lowest BCUT2D eigenvalue weighted by atomic mass is 9.60. The van der Waals surface area contributed by atoms with Gasteiger partial charge in [0.25, 0.3) is 0 Å². The Morgan fingerprint density at radius 3 is 2.52 bits per heavy atom. The molecule has 1 aromatic carbocycles. The minimum atomic E-state index is -0.220. The molecule has 1 aromatic rings. The number of hydrogen-bond acceptors (Lipinski definition) is 5. The SMILES string of the molecule is COC(COCCNC(=O)C12CCC(CC1)CC2)c1ccc(OC/C(=C/F)CN)cc1. The molecule has 0 saturated heterocycles. The first-order valence-corrected chi connectivity index (χ1v) is 11.2. The molecule has 0 heterocycles. The van der Waals surface area contributed by atoms with E-state index in [-0.39, 0.29) is 30.6 Å². The molecule has 31 heavy (non-hydrogen) atoms. The van der Waals surface area contributed by atoms with Crippen LogP contribution in [0, 0.1) is 11.3 Å². The summed E-state index contributed by atoms with van der Waals surface area (Å²) in [5.74, 6) is 1.68. The predicted molar refractivity (Wildman–Crippen MR) is 117 cm³/mol. The molecule has 3 aliphatic rings. The standard InChI is InChI=1S/C24H35FN2O4/c1-29-22(20-2-4-21(5-3-20)31-16-19(14-25)15-26)17-30-13-12-27-23(28)24-9-6-18(7-10-24)8-11-24/h2-5,14,18,22H,6-13,15-17,26H2,1H3,(H,27,28)/b19-14+. The summed E-state index contributed by atoms with van der Waals surface area (Å²) in [6.45, 7) is 1.60. The first kappa shape index (κ1) is 23.7. The third-order valence-corrected chi connectivity index (χ3v) is 6.75. The Hall–Kier alpha value is -1.96. The van der Waals surface area contributed by atoms with E-state index in [1.807, 2.05) is 24.3 Å². The van der Waals surface area contributed by atoms with Crippen molar-refractivity contribution in [2.75, 3.05) is 40.0 Å². The zero-order valence-electron chi connectivity index (χ0n) is 18.4. The van der Waals surface area contributed by atoms with Gasteiger partial charge in [-0.1, -0.05) is 12.1 Å². The van der Waals surface area contributed by atoms with E-state index in [0.717, 1.165) is 30.7 Å². The van der Waals surface area contributed by atoms with Crippen LogP contribution in [0.15, 0.2) is 36.2 Å². The molecule has 0 aromatic heterocycles. The van der Waals surface area contributed by atoms with Crippen molar-refractivity contribution < 1.29 is 23.4 Å². The highest BCUT2D eigenvalue weighted by atomic mass is 19.1. The molecule has 6 nitrogen and oxygen atoms in total. The third-order valence-electron chi connectivity index (χ3n) is 6.75. The molecule has 2 bridgehead atoms. The average Bonchev–Trinajstić information content (AvgIpc) is 2.83. The number of methoxy groups -OCH3 is 1. The Morgan fingerprint density at radius 1 is 1.26 bits per heavy atom. The summed E-state index contributed by atoms with van der Waals surface area (Å²) < 4.78 is 29.4. The summed E-state index contributed by atoms with van der Waals surface area (Å²) in [5.41, 5.74) is 6.65. The van der Waals surface area contributed by atoms with E-state index in [1.54, 1.807) is 7.11 Å². The van der Waals surface area contributed by atoms with Crippen molar-refractivity contribution in [3.05, 3.63) is 41.7 Å². The summed E-state index contributed by atoms with van der Waals surface area (Å²) in [6.07, 6.45) is 6.96. The lowest BCUT2D eigenvalue weighted by molar-refractivity contribution is -0.137. The molecule has 3 N–H and O–H groups in total. The highest BCUT2D eigenvalue weighted by Gasteiger charge is 2.45.